The van der Waals surface area contributed by atoms with E-state index in [0.29, 0.717) is 25.3 Å². The van der Waals surface area contributed by atoms with Gasteiger partial charge >= 0.3 is 5.69 Å². The number of imidazole rings is 1. The van der Waals surface area contributed by atoms with E-state index >= 15 is 0 Å². The van der Waals surface area contributed by atoms with Gasteiger partial charge in [0.05, 0.1) is 12.1 Å². The zero-order chi connectivity index (χ0) is 19.5. The van der Waals surface area contributed by atoms with Gasteiger partial charge in [-0.15, -0.1) is 0 Å². The van der Waals surface area contributed by atoms with E-state index in [1.165, 1.54) is 12.1 Å². The fraction of sp³-hybridized carbons (Fsp3) is 0.381. The van der Waals surface area contributed by atoms with Gasteiger partial charge in [-0.05, 0) is 42.7 Å². The average molecular weight is 382 g/mol. The van der Waals surface area contributed by atoms with Crippen LogP contribution in [-0.2, 0) is 17.9 Å². The van der Waals surface area contributed by atoms with E-state index in [9.17, 15) is 14.0 Å². The molecule has 0 unspecified atom stereocenters. The molecule has 0 aliphatic heterocycles. The lowest BCUT2D eigenvalue weighted by atomic mass is 10.1. The van der Waals surface area contributed by atoms with E-state index < -0.39 is 0 Å². The first kappa shape index (κ1) is 18.4. The Morgan fingerprint density at radius 2 is 1.89 bits per heavy atom. The van der Waals surface area contributed by atoms with Gasteiger partial charge in [0.2, 0.25) is 5.91 Å². The van der Waals surface area contributed by atoms with Gasteiger partial charge in [0.1, 0.15) is 5.82 Å². The number of carbonyl (C=O) groups excluding carboxylic acids is 1. The van der Waals surface area contributed by atoms with Crippen LogP contribution in [0.25, 0.3) is 11.2 Å². The summed E-state index contributed by atoms with van der Waals surface area (Å²) in [6.45, 7) is 1.09. The first-order chi connectivity index (χ1) is 13.6. The predicted molar refractivity (Wildman–Crippen MR) is 104 cm³/mol. The van der Waals surface area contributed by atoms with E-state index in [0.717, 1.165) is 36.8 Å². The third-order valence-corrected chi connectivity index (χ3v) is 5.39. The van der Waals surface area contributed by atoms with Crippen LogP contribution in [0.4, 0.5) is 4.39 Å². The van der Waals surface area contributed by atoms with Crippen molar-refractivity contribution in [2.45, 2.75) is 38.8 Å². The molecule has 1 N–H and O–H groups in total. The molecular formula is C21H23FN4O2. The summed E-state index contributed by atoms with van der Waals surface area (Å²) in [6.07, 6.45) is 5.77. The smallest absolute Gasteiger partial charge is 0.330 e. The van der Waals surface area contributed by atoms with Crippen molar-refractivity contribution in [2.75, 3.05) is 6.54 Å². The second kappa shape index (κ2) is 7.96. The third-order valence-electron chi connectivity index (χ3n) is 5.39. The molecule has 0 saturated heterocycles. The molecule has 3 aromatic rings. The summed E-state index contributed by atoms with van der Waals surface area (Å²) in [5.41, 5.74) is 1.96. The summed E-state index contributed by atoms with van der Waals surface area (Å²) in [6, 6.07) is 9.75. The van der Waals surface area contributed by atoms with Gasteiger partial charge in [-0.1, -0.05) is 25.0 Å². The maximum Gasteiger partial charge on any atom is 0.330 e. The Labute approximate surface area is 162 Å². The number of nitrogens with one attached hydrogen (secondary N) is 1. The van der Waals surface area contributed by atoms with Crippen molar-refractivity contribution >= 4 is 17.1 Å². The maximum absolute atomic E-state index is 13.2. The number of carbonyl (C=O) groups is 1. The van der Waals surface area contributed by atoms with Crippen LogP contribution >= 0.6 is 0 Å². The average Bonchev–Trinajstić information content (AvgIpc) is 3.33. The Hall–Kier alpha value is -2.96. The molecule has 1 amide bonds. The molecule has 4 rings (SSSR count). The molecular weight excluding hydrogens is 359 g/mol. The van der Waals surface area contributed by atoms with Crippen molar-refractivity contribution in [3.63, 3.8) is 0 Å². The number of aromatic nitrogens is 3. The number of hydrogen-bond acceptors (Lipinski definition) is 3. The molecule has 28 heavy (non-hydrogen) atoms. The Kier molecular flexibility index (Phi) is 5.23. The van der Waals surface area contributed by atoms with Gasteiger partial charge in [-0.2, -0.15) is 0 Å². The highest BCUT2D eigenvalue weighted by Crippen LogP contribution is 2.24. The van der Waals surface area contributed by atoms with Crippen LogP contribution in [0, 0.1) is 11.7 Å². The van der Waals surface area contributed by atoms with Crippen LogP contribution in [0.3, 0.4) is 0 Å². The van der Waals surface area contributed by atoms with Gasteiger partial charge in [-0.25, -0.2) is 14.2 Å². The molecule has 1 aliphatic rings. The zero-order valence-corrected chi connectivity index (χ0v) is 15.6. The van der Waals surface area contributed by atoms with Gasteiger partial charge in [0, 0.05) is 25.2 Å². The van der Waals surface area contributed by atoms with Gasteiger partial charge in [0.15, 0.2) is 5.65 Å². The molecule has 0 spiro atoms. The molecule has 0 radical (unpaired) electrons. The fourth-order valence-corrected chi connectivity index (χ4v) is 3.90. The zero-order valence-electron chi connectivity index (χ0n) is 15.6. The van der Waals surface area contributed by atoms with Crippen molar-refractivity contribution in [3.05, 3.63) is 64.5 Å². The lowest BCUT2D eigenvalue weighted by molar-refractivity contribution is -0.124. The van der Waals surface area contributed by atoms with Gasteiger partial charge in [0.25, 0.3) is 0 Å². The second-order valence-corrected chi connectivity index (χ2v) is 7.27. The molecule has 1 fully saturated rings. The Morgan fingerprint density at radius 1 is 1.14 bits per heavy atom. The first-order valence-electron chi connectivity index (χ1n) is 9.69. The summed E-state index contributed by atoms with van der Waals surface area (Å²) < 4.78 is 16.4. The molecule has 0 atom stereocenters. The van der Waals surface area contributed by atoms with Crippen LogP contribution in [0.5, 0.6) is 0 Å². The highest BCUT2D eigenvalue weighted by molar-refractivity contribution is 5.78. The largest absolute Gasteiger partial charge is 0.354 e. The van der Waals surface area contributed by atoms with E-state index in [2.05, 4.69) is 10.3 Å². The monoisotopic (exact) mass is 382 g/mol. The number of benzene rings is 1. The molecule has 1 saturated carbocycles. The molecule has 7 heteroatoms. The Balaban J connectivity index is 1.54. The number of halogens is 1. The maximum atomic E-state index is 13.2. The van der Waals surface area contributed by atoms with Crippen molar-refractivity contribution in [2.24, 2.45) is 5.92 Å². The number of nitrogens with zero attached hydrogens (tertiary/aromatic N) is 3. The molecule has 2 aromatic heterocycles. The molecule has 6 nitrogen and oxygen atoms in total. The minimum atomic E-state index is -0.307. The number of fused-ring (bicyclic) bond motifs is 1. The lowest BCUT2D eigenvalue weighted by Crippen LogP contribution is -2.34. The van der Waals surface area contributed by atoms with E-state index in [1.54, 1.807) is 33.5 Å². The highest BCUT2D eigenvalue weighted by atomic mass is 19.1. The summed E-state index contributed by atoms with van der Waals surface area (Å²) in [4.78, 5) is 29.6. The topological polar surface area (TPSA) is 68.9 Å². The van der Waals surface area contributed by atoms with Crippen molar-refractivity contribution in [1.82, 2.24) is 19.4 Å². The first-order valence-corrected chi connectivity index (χ1v) is 9.69. The normalized spacial score (nSPS) is 14.6. The second-order valence-electron chi connectivity index (χ2n) is 7.27. The van der Waals surface area contributed by atoms with Crippen molar-refractivity contribution in [1.29, 1.82) is 0 Å². The number of hydrogen-bond donors (Lipinski definition) is 1. The van der Waals surface area contributed by atoms with Crippen molar-refractivity contribution < 1.29 is 9.18 Å². The minimum absolute atomic E-state index is 0.0774. The molecule has 1 aromatic carbocycles. The number of amides is 1. The predicted octanol–water partition coefficient (Wildman–Crippen LogP) is 2.69. The molecule has 2 heterocycles. The molecule has 146 valence electrons. The summed E-state index contributed by atoms with van der Waals surface area (Å²) >= 11 is 0. The van der Waals surface area contributed by atoms with Crippen molar-refractivity contribution in [3.8, 4) is 0 Å². The number of rotatable bonds is 6. The Bertz CT molecular complexity index is 1030. The van der Waals surface area contributed by atoms with Gasteiger partial charge in [-0.3, -0.25) is 13.9 Å². The summed E-state index contributed by atoms with van der Waals surface area (Å²) in [5, 5.41) is 2.95. The van der Waals surface area contributed by atoms with Crippen LogP contribution < -0.4 is 11.0 Å². The quantitative estimate of drug-likeness (QED) is 0.713. The molecule has 0 bridgehead atoms. The fourth-order valence-electron chi connectivity index (χ4n) is 3.90. The van der Waals surface area contributed by atoms with Crippen LogP contribution in [0.2, 0.25) is 0 Å². The van der Waals surface area contributed by atoms with E-state index in [4.69, 9.17) is 0 Å². The SMILES string of the molecule is O=C(NCCn1c(=O)n(Cc2ccc(F)cc2)c2cccnc21)C1CCCC1. The lowest BCUT2D eigenvalue weighted by Gasteiger charge is -2.10. The third kappa shape index (κ3) is 3.69. The standard InChI is InChI=1S/C21H23FN4O2/c22-17-9-7-15(8-10-17)14-26-18-6-3-11-23-19(18)25(21(26)28)13-12-24-20(27)16-4-1-2-5-16/h3,6-11,16H,1-2,4-5,12-14H2,(H,24,27). The van der Waals surface area contributed by atoms with E-state index in [-0.39, 0.29) is 23.3 Å². The van der Waals surface area contributed by atoms with Crippen LogP contribution in [-0.4, -0.2) is 26.6 Å². The number of pyridine rings is 1. The van der Waals surface area contributed by atoms with Gasteiger partial charge < -0.3 is 5.32 Å². The van der Waals surface area contributed by atoms with E-state index in [1.807, 2.05) is 6.07 Å². The van der Waals surface area contributed by atoms with Crippen LogP contribution in [0.1, 0.15) is 31.2 Å². The summed E-state index contributed by atoms with van der Waals surface area (Å²) in [7, 11) is 0. The van der Waals surface area contributed by atoms with Crippen LogP contribution in [0.15, 0.2) is 47.4 Å². The minimum Gasteiger partial charge on any atom is -0.354 e. The molecule has 1 aliphatic carbocycles. The highest BCUT2D eigenvalue weighted by Gasteiger charge is 2.22. The summed E-state index contributed by atoms with van der Waals surface area (Å²) in [5.74, 6) is -0.124. The Morgan fingerprint density at radius 3 is 2.64 bits per heavy atom.